The molecule has 36 heavy (non-hydrogen) atoms. The lowest BCUT2D eigenvalue weighted by atomic mass is 9.96. The van der Waals surface area contributed by atoms with Crippen molar-refractivity contribution in [1.29, 1.82) is 0 Å². The molecular formula is C26H19F3N2O5. The number of rotatable bonds is 4. The number of aromatic nitrogens is 1. The molecule has 1 unspecified atom stereocenters. The molecule has 7 nitrogen and oxygen atoms in total. The third kappa shape index (κ3) is 4.37. The lowest BCUT2D eigenvalue weighted by Gasteiger charge is -2.25. The summed E-state index contributed by atoms with van der Waals surface area (Å²) < 4.78 is 48.0. The minimum atomic E-state index is -4.94. The Labute approximate surface area is 203 Å². The van der Waals surface area contributed by atoms with Gasteiger partial charge in [0.2, 0.25) is 0 Å². The maximum atomic E-state index is 13.2. The van der Waals surface area contributed by atoms with E-state index in [9.17, 15) is 27.9 Å². The number of carbonyl (C=O) groups is 2. The smallest absolute Gasteiger partial charge is 0.507 e. The van der Waals surface area contributed by atoms with Crippen LogP contribution in [0.25, 0.3) is 5.76 Å². The summed E-state index contributed by atoms with van der Waals surface area (Å²) in [6, 6.07) is 13.4. The Hall–Kier alpha value is -4.34. The number of aryl methyl sites for hydroxylation is 1. The van der Waals surface area contributed by atoms with E-state index >= 15 is 0 Å². The number of aliphatic hydroxyl groups is 1. The number of benzene rings is 2. The topological polar surface area (TPSA) is 89.0 Å². The summed E-state index contributed by atoms with van der Waals surface area (Å²) in [4.78, 5) is 31.7. The molecule has 2 aliphatic heterocycles. The Bertz CT molecular complexity index is 1370. The van der Waals surface area contributed by atoms with Crippen LogP contribution in [-0.2, 0) is 16.0 Å². The first-order valence-electron chi connectivity index (χ1n) is 11.1. The third-order valence-corrected chi connectivity index (χ3v) is 5.92. The number of halogens is 3. The van der Waals surface area contributed by atoms with Gasteiger partial charge in [-0.1, -0.05) is 12.1 Å². The number of hydrogen-bond acceptors (Lipinski definition) is 6. The number of carbonyl (C=O) groups excluding carboxylic acids is 2. The molecule has 2 aromatic carbocycles. The van der Waals surface area contributed by atoms with E-state index in [2.05, 4.69) is 9.72 Å². The van der Waals surface area contributed by atoms with Crippen LogP contribution in [0.1, 0.15) is 29.3 Å². The number of ketones is 1. The molecule has 0 aliphatic carbocycles. The lowest BCUT2D eigenvalue weighted by molar-refractivity contribution is -0.274. The van der Waals surface area contributed by atoms with E-state index < -0.39 is 35.6 Å². The summed E-state index contributed by atoms with van der Waals surface area (Å²) in [7, 11) is 0. The molecule has 0 radical (unpaired) electrons. The highest BCUT2D eigenvalue weighted by Crippen LogP contribution is 2.43. The van der Waals surface area contributed by atoms with Crippen LogP contribution in [0.5, 0.6) is 11.5 Å². The van der Waals surface area contributed by atoms with Gasteiger partial charge in [-0.25, -0.2) is 0 Å². The number of hydrogen-bond donors (Lipinski definition) is 1. The average molecular weight is 496 g/mol. The molecule has 1 saturated heterocycles. The first-order valence-corrected chi connectivity index (χ1v) is 11.1. The standard InChI is InChI=1S/C26H19F3N2O5/c27-26(28,29)36-18-7-3-6-17(14-18)31-22(19-8-1-2-11-30-19)21(24(33)25(31)34)23(32)16-9-10-20-15(13-16)5-4-12-35-20/h1-3,6-11,13-14,22,32H,4-5,12H2/b23-21-. The second-order valence-corrected chi connectivity index (χ2v) is 8.24. The summed E-state index contributed by atoms with van der Waals surface area (Å²) in [5.74, 6) is -2.29. The number of alkyl halides is 3. The Morgan fingerprint density at radius 1 is 1.08 bits per heavy atom. The van der Waals surface area contributed by atoms with Crippen molar-refractivity contribution in [3.8, 4) is 11.5 Å². The number of Topliss-reactive ketones (excluding diaryl/α,β-unsaturated/α-hetero) is 1. The largest absolute Gasteiger partial charge is 0.573 e. The molecule has 3 heterocycles. The fourth-order valence-electron chi connectivity index (χ4n) is 4.41. The SMILES string of the molecule is O=C1C(=O)N(c2cccc(OC(F)(F)F)c2)C(c2ccccn2)/C1=C(/O)c1ccc2c(c1)CCCO2. The van der Waals surface area contributed by atoms with E-state index in [0.29, 0.717) is 17.9 Å². The molecule has 1 amide bonds. The normalized spacial score (nSPS) is 19.1. The van der Waals surface area contributed by atoms with Gasteiger partial charge in [0.15, 0.2) is 0 Å². The Kier molecular flexibility index (Phi) is 5.87. The van der Waals surface area contributed by atoms with Crippen LogP contribution >= 0.6 is 0 Å². The van der Waals surface area contributed by atoms with Crippen molar-refractivity contribution >= 4 is 23.1 Å². The van der Waals surface area contributed by atoms with Gasteiger partial charge in [0.1, 0.15) is 23.3 Å². The summed E-state index contributed by atoms with van der Waals surface area (Å²) >= 11 is 0. The van der Waals surface area contributed by atoms with E-state index in [-0.39, 0.29) is 17.0 Å². The molecule has 0 bridgehead atoms. The van der Waals surface area contributed by atoms with Crippen molar-refractivity contribution in [2.45, 2.75) is 25.2 Å². The highest BCUT2D eigenvalue weighted by atomic mass is 19.4. The molecule has 1 N–H and O–H groups in total. The summed E-state index contributed by atoms with van der Waals surface area (Å²) in [5.41, 5.74) is 1.17. The molecule has 1 fully saturated rings. The first-order chi connectivity index (χ1) is 17.2. The first kappa shape index (κ1) is 23.4. The second-order valence-electron chi connectivity index (χ2n) is 8.24. The van der Waals surface area contributed by atoms with Crippen LogP contribution in [-0.4, -0.2) is 34.8 Å². The van der Waals surface area contributed by atoms with Crippen LogP contribution in [0.4, 0.5) is 18.9 Å². The molecule has 2 aliphatic rings. The van der Waals surface area contributed by atoms with E-state index in [1.165, 1.54) is 18.3 Å². The summed E-state index contributed by atoms with van der Waals surface area (Å²) in [6.07, 6.45) is -1.97. The number of pyridine rings is 1. The van der Waals surface area contributed by atoms with Gasteiger partial charge in [-0.3, -0.25) is 19.5 Å². The maximum absolute atomic E-state index is 13.2. The van der Waals surface area contributed by atoms with Gasteiger partial charge in [0, 0.05) is 23.5 Å². The van der Waals surface area contributed by atoms with E-state index in [1.807, 2.05) is 0 Å². The molecule has 5 rings (SSSR count). The van der Waals surface area contributed by atoms with Crippen molar-refractivity contribution < 1.29 is 37.3 Å². The van der Waals surface area contributed by atoms with Crippen molar-refractivity contribution in [2.24, 2.45) is 0 Å². The van der Waals surface area contributed by atoms with Gasteiger partial charge in [-0.05, 0) is 60.9 Å². The zero-order chi connectivity index (χ0) is 25.4. The number of fused-ring (bicyclic) bond motifs is 1. The molecule has 1 atom stereocenters. The Morgan fingerprint density at radius 2 is 1.92 bits per heavy atom. The summed E-state index contributed by atoms with van der Waals surface area (Å²) in [6.45, 7) is 0.584. The lowest BCUT2D eigenvalue weighted by Crippen LogP contribution is -2.30. The Morgan fingerprint density at radius 3 is 2.67 bits per heavy atom. The number of nitrogens with zero attached hydrogens (tertiary/aromatic N) is 2. The van der Waals surface area contributed by atoms with Crippen LogP contribution in [0, 0.1) is 0 Å². The van der Waals surface area contributed by atoms with Crippen molar-refractivity contribution in [3.63, 3.8) is 0 Å². The summed E-state index contributed by atoms with van der Waals surface area (Å²) in [5, 5.41) is 11.3. The monoisotopic (exact) mass is 496 g/mol. The predicted octanol–water partition coefficient (Wildman–Crippen LogP) is 4.93. The van der Waals surface area contributed by atoms with Crippen LogP contribution in [0.2, 0.25) is 0 Å². The third-order valence-electron chi connectivity index (χ3n) is 5.92. The van der Waals surface area contributed by atoms with E-state index in [0.717, 1.165) is 35.4 Å². The van der Waals surface area contributed by atoms with E-state index in [4.69, 9.17) is 4.74 Å². The molecule has 3 aromatic rings. The predicted molar refractivity (Wildman–Crippen MR) is 122 cm³/mol. The maximum Gasteiger partial charge on any atom is 0.573 e. The number of anilines is 1. The highest BCUT2D eigenvalue weighted by molar-refractivity contribution is 6.51. The van der Waals surface area contributed by atoms with Crippen LogP contribution in [0.15, 0.2) is 72.4 Å². The Balaban J connectivity index is 1.65. The van der Waals surface area contributed by atoms with Crippen LogP contribution < -0.4 is 14.4 Å². The molecule has 184 valence electrons. The number of amides is 1. The second kappa shape index (κ2) is 9.03. The van der Waals surface area contributed by atoms with E-state index in [1.54, 1.807) is 36.4 Å². The zero-order valence-corrected chi connectivity index (χ0v) is 18.7. The minimum absolute atomic E-state index is 0.0209. The van der Waals surface area contributed by atoms with Crippen molar-refractivity contribution in [1.82, 2.24) is 4.98 Å². The number of ether oxygens (including phenoxy) is 2. The molecule has 10 heteroatoms. The highest BCUT2D eigenvalue weighted by Gasteiger charge is 2.48. The van der Waals surface area contributed by atoms with Gasteiger partial charge in [0.05, 0.1) is 17.9 Å². The van der Waals surface area contributed by atoms with Gasteiger partial charge in [-0.2, -0.15) is 0 Å². The zero-order valence-electron chi connectivity index (χ0n) is 18.7. The number of aliphatic hydroxyl groups excluding tert-OH is 1. The minimum Gasteiger partial charge on any atom is -0.507 e. The molecular weight excluding hydrogens is 477 g/mol. The van der Waals surface area contributed by atoms with Gasteiger partial charge < -0.3 is 14.6 Å². The fraction of sp³-hybridized carbons (Fsp3) is 0.192. The van der Waals surface area contributed by atoms with Crippen LogP contribution in [0.3, 0.4) is 0 Å². The molecule has 0 spiro atoms. The fourth-order valence-corrected chi connectivity index (χ4v) is 4.41. The molecule has 1 aromatic heterocycles. The van der Waals surface area contributed by atoms with Gasteiger partial charge >= 0.3 is 6.36 Å². The van der Waals surface area contributed by atoms with Crippen molar-refractivity contribution in [3.05, 3.63) is 89.3 Å². The van der Waals surface area contributed by atoms with Gasteiger partial charge in [0.25, 0.3) is 11.7 Å². The van der Waals surface area contributed by atoms with Gasteiger partial charge in [-0.15, -0.1) is 13.2 Å². The molecule has 0 saturated carbocycles. The average Bonchev–Trinajstić information content (AvgIpc) is 3.13. The van der Waals surface area contributed by atoms with Crippen molar-refractivity contribution in [2.75, 3.05) is 11.5 Å². The quantitative estimate of drug-likeness (QED) is 0.313.